The van der Waals surface area contributed by atoms with Crippen molar-refractivity contribution in [2.75, 3.05) is 18.5 Å². The van der Waals surface area contributed by atoms with Crippen LogP contribution in [0.1, 0.15) is 31.0 Å². The van der Waals surface area contributed by atoms with Crippen LogP contribution in [0.25, 0.3) is 17.1 Å². The van der Waals surface area contributed by atoms with Crippen molar-refractivity contribution in [1.29, 1.82) is 0 Å². The molecular weight excluding hydrogens is 411 g/mol. The molecule has 0 aliphatic carbocycles. The van der Waals surface area contributed by atoms with Gasteiger partial charge in [-0.25, -0.2) is 9.37 Å². The standard InChI is InChI=1S/C25H26ClFN4/c1-5-6-15-30-17(2)23-25(29(4)18(30)3)28-24(21-9-7-8-10-22(21)26)31(23)16-19-11-13-20(27)14-12-19/h7-14H,2-3,5-6,15-16H2,1,4H3. The predicted octanol–water partition coefficient (Wildman–Crippen LogP) is 6.38. The first kappa shape index (κ1) is 21.2. The second-order valence-electron chi connectivity index (χ2n) is 7.73. The minimum absolute atomic E-state index is 0.256. The van der Waals surface area contributed by atoms with Gasteiger partial charge in [0.15, 0.2) is 5.82 Å². The van der Waals surface area contributed by atoms with Crippen LogP contribution in [-0.4, -0.2) is 28.0 Å². The van der Waals surface area contributed by atoms with Crippen LogP contribution < -0.4 is 4.90 Å². The Labute approximate surface area is 187 Å². The zero-order chi connectivity index (χ0) is 22.1. The molecule has 0 bridgehead atoms. The topological polar surface area (TPSA) is 24.3 Å². The molecule has 160 valence electrons. The molecule has 0 spiro atoms. The van der Waals surface area contributed by atoms with Crippen molar-refractivity contribution < 1.29 is 4.39 Å². The minimum atomic E-state index is -0.256. The minimum Gasteiger partial charge on any atom is -0.327 e. The molecule has 6 heteroatoms. The van der Waals surface area contributed by atoms with Gasteiger partial charge in [-0.3, -0.25) is 0 Å². The number of unbranched alkanes of at least 4 members (excludes halogenated alkanes) is 1. The highest BCUT2D eigenvalue weighted by molar-refractivity contribution is 6.33. The number of rotatable bonds is 6. The molecule has 2 aromatic carbocycles. The average Bonchev–Trinajstić information content (AvgIpc) is 3.13. The lowest BCUT2D eigenvalue weighted by atomic mass is 10.1. The highest BCUT2D eigenvalue weighted by Crippen LogP contribution is 2.41. The number of hydrogen-bond acceptors (Lipinski definition) is 3. The van der Waals surface area contributed by atoms with E-state index in [1.165, 1.54) is 12.1 Å². The zero-order valence-corrected chi connectivity index (χ0v) is 18.7. The second-order valence-corrected chi connectivity index (χ2v) is 8.13. The average molecular weight is 437 g/mol. The highest BCUT2D eigenvalue weighted by Gasteiger charge is 2.33. The van der Waals surface area contributed by atoms with Crippen LogP contribution in [0, 0.1) is 5.82 Å². The lowest BCUT2D eigenvalue weighted by Gasteiger charge is -2.38. The molecule has 0 N–H and O–H groups in total. The molecule has 0 radical (unpaired) electrons. The molecule has 0 saturated carbocycles. The van der Waals surface area contributed by atoms with E-state index in [0.29, 0.717) is 11.6 Å². The van der Waals surface area contributed by atoms with Gasteiger partial charge in [0, 0.05) is 25.7 Å². The summed E-state index contributed by atoms with van der Waals surface area (Å²) >= 11 is 6.55. The lowest BCUT2D eigenvalue weighted by Crippen LogP contribution is -2.37. The van der Waals surface area contributed by atoms with E-state index in [9.17, 15) is 4.39 Å². The SMILES string of the molecule is C=C1c2c(nc(-c3ccccc3Cl)n2Cc2ccc(F)cc2)N(C)C(=C)N1CCCC. The van der Waals surface area contributed by atoms with E-state index in [-0.39, 0.29) is 5.82 Å². The number of hydrogen-bond donors (Lipinski definition) is 0. The van der Waals surface area contributed by atoms with E-state index in [1.807, 2.05) is 36.2 Å². The van der Waals surface area contributed by atoms with Gasteiger partial charge in [0.2, 0.25) is 0 Å². The molecule has 4 rings (SSSR count). The largest absolute Gasteiger partial charge is 0.327 e. The van der Waals surface area contributed by atoms with Gasteiger partial charge < -0.3 is 14.4 Å². The van der Waals surface area contributed by atoms with Crippen LogP contribution >= 0.6 is 11.6 Å². The molecule has 0 fully saturated rings. The van der Waals surface area contributed by atoms with Gasteiger partial charge in [-0.05, 0) is 36.2 Å². The van der Waals surface area contributed by atoms with Crippen LogP contribution in [0.3, 0.4) is 0 Å². The van der Waals surface area contributed by atoms with Crippen LogP contribution in [0.5, 0.6) is 0 Å². The van der Waals surface area contributed by atoms with E-state index >= 15 is 0 Å². The molecule has 0 saturated heterocycles. The number of halogens is 2. The summed E-state index contributed by atoms with van der Waals surface area (Å²) in [5.41, 5.74) is 3.59. The second kappa shape index (κ2) is 8.60. The Morgan fingerprint density at radius 1 is 1.06 bits per heavy atom. The molecule has 3 aromatic rings. The van der Waals surface area contributed by atoms with Crippen LogP contribution in [0.2, 0.25) is 5.02 Å². The van der Waals surface area contributed by atoms with Crippen LogP contribution in [-0.2, 0) is 6.54 Å². The van der Waals surface area contributed by atoms with Gasteiger partial charge in [0.1, 0.15) is 23.2 Å². The first-order valence-electron chi connectivity index (χ1n) is 10.4. The maximum absolute atomic E-state index is 13.5. The maximum atomic E-state index is 13.5. The normalized spacial score (nSPS) is 13.7. The van der Waals surface area contributed by atoms with Crippen molar-refractivity contribution >= 4 is 23.1 Å². The number of fused-ring (bicyclic) bond motifs is 1. The summed E-state index contributed by atoms with van der Waals surface area (Å²) in [6, 6.07) is 14.2. The van der Waals surface area contributed by atoms with Gasteiger partial charge in [0.25, 0.3) is 0 Å². The zero-order valence-electron chi connectivity index (χ0n) is 17.9. The number of nitrogens with zero attached hydrogens (tertiary/aromatic N) is 4. The molecule has 4 nitrogen and oxygen atoms in total. The molecule has 0 atom stereocenters. The molecule has 0 unspecified atom stereocenters. The lowest BCUT2D eigenvalue weighted by molar-refractivity contribution is 0.448. The van der Waals surface area contributed by atoms with Gasteiger partial charge in [0.05, 0.1) is 10.7 Å². The van der Waals surface area contributed by atoms with Crippen molar-refractivity contribution in [3.8, 4) is 11.4 Å². The van der Waals surface area contributed by atoms with Crippen LogP contribution in [0.4, 0.5) is 10.2 Å². The third kappa shape index (κ3) is 3.86. The summed E-state index contributed by atoms with van der Waals surface area (Å²) < 4.78 is 15.6. The summed E-state index contributed by atoms with van der Waals surface area (Å²) in [4.78, 5) is 9.12. The number of imidazole rings is 1. The fourth-order valence-corrected chi connectivity index (χ4v) is 4.12. The smallest absolute Gasteiger partial charge is 0.162 e. The van der Waals surface area contributed by atoms with Crippen molar-refractivity contribution in [3.63, 3.8) is 0 Å². The Balaban J connectivity index is 1.90. The predicted molar refractivity (Wildman–Crippen MR) is 126 cm³/mol. The summed E-state index contributed by atoms with van der Waals surface area (Å²) in [6.07, 6.45) is 2.11. The van der Waals surface area contributed by atoms with Crippen molar-refractivity contribution in [2.24, 2.45) is 0 Å². The fraction of sp³-hybridized carbons (Fsp3) is 0.240. The van der Waals surface area contributed by atoms with E-state index in [2.05, 4.69) is 29.5 Å². The number of aromatic nitrogens is 2. The Hall–Kier alpha value is -3.05. The quantitative estimate of drug-likeness (QED) is 0.447. The fourth-order valence-electron chi connectivity index (χ4n) is 3.90. The first-order chi connectivity index (χ1) is 14.9. The van der Waals surface area contributed by atoms with Crippen LogP contribution in [0.15, 0.2) is 67.5 Å². The van der Waals surface area contributed by atoms with Gasteiger partial charge in [-0.1, -0.05) is 62.4 Å². The summed E-state index contributed by atoms with van der Waals surface area (Å²) in [5, 5.41) is 0.625. The Bertz CT molecular complexity index is 1130. The molecular formula is C25H26ClFN4. The molecule has 1 aliphatic rings. The van der Waals surface area contributed by atoms with E-state index < -0.39 is 0 Å². The Morgan fingerprint density at radius 2 is 1.77 bits per heavy atom. The van der Waals surface area contributed by atoms with E-state index in [1.54, 1.807) is 12.1 Å². The van der Waals surface area contributed by atoms with Gasteiger partial charge >= 0.3 is 0 Å². The monoisotopic (exact) mass is 436 g/mol. The first-order valence-corrected chi connectivity index (χ1v) is 10.8. The molecule has 1 aromatic heterocycles. The molecule has 1 aliphatic heterocycles. The van der Waals surface area contributed by atoms with Gasteiger partial charge in [-0.2, -0.15) is 0 Å². The van der Waals surface area contributed by atoms with Gasteiger partial charge in [-0.15, -0.1) is 0 Å². The van der Waals surface area contributed by atoms with Crippen molar-refractivity contribution in [1.82, 2.24) is 14.5 Å². The molecule has 2 heterocycles. The third-order valence-electron chi connectivity index (χ3n) is 5.67. The maximum Gasteiger partial charge on any atom is 0.162 e. The van der Waals surface area contributed by atoms with E-state index in [4.69, 9.17) is 16.6 Å². The Kier molecular flexibility index (Phi) is 5.88. The number of benzene rings is 2. The Morgan fingerprint density at radius 3 is 2.45 bits per heavy atom. The van der Waals surface area contributed by atoms with Crippen molar-refractivity contribution in [3.05, 3.63) is 89.6 Å². The third-order valence-corrected chi connectivity index (χ3v) is 6.00. The highest BCUT2D eigenvalue weighted by atomic mass is 35.5. The number of anilines is 1. The molecule has 0 amide bonds. The summed E-state index contributed by atoms with van der Waals surface area (Å²) in [6.45, 7) is 12.2. The molecule has 31 heavy (non-hydrogen) atoms. The summed E-state index contributed by atoms with van der Waals surface area (Å²) in [7, 11) is 1.97. The van der Waals surface area contributed by atoms with Crippen molar-refractivity contribution in [2.45, 2.75) is 26.3 Å². The summed E-state index contributed by atoms with van der Waals surface area (Å²) in [5.74, 6) is 2.13. The van der Waals surface area contributed by atoms with E-state index in [0.717, 1.165) is 59.4 Å².